The fraction of sp³-hybridized carbons (Fsp3) is 0.700. The molecule has 13 nitrogen and oxygen atoms in total. The number of nitrogens with one attached hydrogen (secondary N) is 2. The van der Waals surface area contributed by atoms with E-state index in [9.17, 15) is 9.59 Å². The summed E-state index contributed by atoms with van der Waals surface area (Å²) in [6, 6.07) is 0.640. The van der Waals surface area contributed by atoms with Crippen molar-refractivity contribution in [3.8, 4) is 0 Å². The van der Waals surface area contributed by atoms with Crippen molar-refractivity contribution in [2.75, 3.05) is 57.6 Å². The third kappa shape index (κ3) is 6.57. The van der Waals surface area contributed by atoms with Gasteiger partial charge in [0.2, 0.25) is 17.8 Å². The van der Waals surface area contributed by atoms with Gasteiger partial charge in [-0.05, 0) is 58.5 Å². The average molecular weight is 596 g/mol. The van der Waals surface area contributed by atoms with Crippen LogP contribution in [0, 0.1) is 0 Å². The molecule has 0 aromatic carbocycles. The lowest BCUT2D eigenvalue weighted by Gasteiger charge is -2.42. The van der Waals surface area contributed by atoms with Gasteiger partial charge >= 0.3 is 6.09 Å². The maximum Gasteiger partial charge on any atom is 0.410 e. The van der Waals surface area contributed by atoms with Gasteiger partial charge in [-0.2, -0.15) is 19.6 Å². The third-order valence-electron chi connectivity index (χ3n) is 9.01. The molecule has 2 amide bonds. The number of carbonyl (C=O) groups is 2. The number of hydrogen-bond donors (Lipinski definition) is 2. The van der Waals surface area contributed by atoms with Crippen LogP contribution in [0.5, 0.6) is 0 Å². The fourth-order valence-corrected chi connectivity index (χ4v) is 6.63. The molecule has 2 aromatic rings. The Hall–Kier alpha value is -3.45. The van der Waals surface area contributed by atoms with E-state index in [2.05, 4.69) is 29.6 Å². The Morgan fingerprint density at radius 2 is 1.79 bits per heavy atom. The maximum absolute atomic E-state index is 13.2. The van der Waals surface area contributed by atoms with Gasteiger partial charge in [0, 0.05) is 55.6 Å². The van der Waals surface area contributed by atoms with Crippen LogP contribution >= 0.6 is 0 Å². The van der Waals surface area contributed by atoms with Gasteiger partial charge in [-0.15, -0.1) is 0 Å². The quantitative estimate of drug-likeness (QED) is 0.418. The number of carbonyl (C=O) groups excluding carboxylic acids is 2. The number of nitrogens with zero attached hydrogens (tertiary/aromatic N) is 7. The van der Waals surface area contributed by atoms with Gasteiger partial charge in [-0.3, -0.25) is 4.79 Å². The van der Waals surface area contributed by atoms with Crippen LogP contribution in [0.25, 0.3) is 5.65 Å². The number of rotatable bonds is 9. The van der Waals surface area contributed by atoms with Crippen molar-refractivity contribution in [2.45, 2.75) is 88.6 Å². The van der Waals surface area contributed by atoms with Crippen LogP contribution in [0.4, 0.5) is 16.7 Å². The Kier molecular flexibility index (Phi) is 8.71. The molecule has 4 aliphatic rings. The summed E-state index contributed by atoms with van der Waals surface area (Å²) in [6.07, 6.45) is 10.2. The highest BCUT2D eigenvalue weighted by Crippen LogP contribution is 2.38. The zero-order valence-corrected chi connectivity index (χ0v) is 25.7. The minimum atomic E-state index is -0.257. The van der Waals surface area contributed by atoms with Gasteiger partial charge in [0.1, 0.15) is 6.10 Å². The molecule has 2 atom stereocenters. The predicted molar refractivity (Wildman–Crippen MR) is 162 cm³/mol. The largest absolute Gasteiger partial charge is 0.442 e. The monoisotopic (exact) mass is 595 g/mol. The van der Waals surface area contributed by atoms with Crippen LogP contribution < -0.4 is 10.6 Å². The Labute approximate surface area is 253 Å². The van der Waals surface area contributed by atoms with Crippen LogP contribution in [-0.2, 0) is 14.3 Å². The van der Waals surface area contributed by atoms with E-state index in [-0.39, 0.29) is 48.2 Å². The topological polar surface area (TPSA) is 129 Å². The molecule has 6 rings (SSSR count). The smallest absolute Gasteiger partial charge is 0.410 e. The summed E-state index contributed by atoms with van der Waals surface area (Å²) in [4.78, 5) is 40.9. The van der Waals surface area contributed by atoms with Gasteiger partial charge < -0.3 is 34.8 Å². The maximum atomic E-state index is 13.2. The van der Waals surface area contributed by atoms with E-state index in [4.69, 9.17) is 19.4 Å². The summed E-state index contributed by atoms with van der Waals surface area (Å²) in [7, 11) is 3.91. The van der Waals surface area contributed by atoms with Gasteiger partial charge in [0.05, 0.1) is 19.3 Å². The number of piperidine rings is 1. The number of hydrogen-bond acceptors (Lipinski definition) is 10. The average Bonchev–Trinajstić information content (AvgIpc) is 3.49. The molecular weight excluding hydrogens is 550 g/mol. The van der Waals surface area contributed by atoms with Crippen molar-refractivity contribution in [1.82, 2.24) is 34.3 Å². The molecule has 4 fully saturated rings. The van der Waals surface area contributed by atoms with E-state index in [1.54, 1.807) is 11.0 Å². The van der Waals surface area contributed by atoms with E-state index in [0.717, 1.165) is 62.9 Å². The molecule has 234 valence electrons. The summed E-state index contributed by atoms with van der Waals surface area (Å²) in [5.74, 6) is 1.52. The molecule has 13 heteroatoms. The SMILES string of the molecule is CC(C)c1cnn2c(NC3CC4CCC(C3)N4C(=O)OC3CN(C(=O)/C=C/CN(C)C)C3)nc(NC3CCOCC3)nc12. The summed E-state index contributed by atoms with van der Waals surface area (Å²) in [5, 5.41) is 11.8. The minimum absolute atomic E-state index is 0.0382. The first-order valence-corrected chi connectivity index (χ1v) is 15.7. The molecular formula is C30H45N9O4. The van der Waals surface area contributed by atoms with E-state index in [0.29, 0.717) is 31.5 Å². The van der Waals surface area contributed by atoms with Crippen LogP contribution in [-0.4, -0.2) is 123 Å². The standard InChI is InChI=1S/C30H45N9O4/c1-19(2)25-16-31-39-27(25)34-28(32-20-9-12-42-13-10-20)35-29(39)33-21-14-22-7-8-23(15-21)38(22)30(41)43-24-17-37(18-24)26(40)6-5-11-36(3)4/h5-6,16,19-24H,7-15,17-18H2,1-4H3,(H2,32,33,34,35)/b6-5+. The lowest BCUT2D eigenvalue weighted by molar-refractivity contribution is -0.136. The normalized spacial score (nSPS) is 24.7. The zero-order valence-electron chi connectivity index (χ0n) is 25.7. The summed E-state index contributed by atoms with van der Waals surface area (Å²) in [6.45, 7) is 7.37. The van der Waals surface area contributed by atoms with Crippen molar-refractivity contribution < 1.29 is 19.1 Å². The Morgan fingerprint density at radius 3 is 2.47 bits per heavy atom. The Bertz CT molecular complexity index is 1320. The summed E-state index contributed by atoms with van der Waals surface area (Å²) >= 11 is 0. The molecule has 0 radical (unpaired) electrons. The molecule has 0 saturated carbocycles. The van der Waals surface area contributed by atoms with Crippen molar-refractivity contribution in [3.05, 3.63) is 23.9 Å². The third-order valence-corrected chi connectivity index (χ3v) is 9.01. The Balaban J connectivity index is 1.08. The number of aromatic nitrogens is 4. The number of amides is 2. The molecule has 43 heavy (non-hydrogen) atoms. The molecule has 2 N–H and O–H groups in total. The minimum Gasteiger partial charge on any atom is -0.442 e. The van der Waals surface area contributed by atoms with Crippen molar-refractivity contribution >= 4 is 29.5 Å². The number of anilines is 2. The lowest BCUT2D eigenvalue weighted by atomic mass is 9.98. The van der Waals surface area contributed by atoms with E-state index >= 15 is 0 Å². The highest BCUT2D eigenvalue weighted by Gasteiger charge is 2.46. The molecule has 2 unspecified atom stereocenters. The van der Waals surface area contributed by atoms with E-state index in [1.807, 2.05) is 40.7 Å². The Morgan fingerprint density at radius 1 is 1.07 bits per heavy atom. The van der Waals surface area contributed by atoms with Crippen molar-refractivity contribution in [1.29, 1.82) is 0 Å². The molecule has 0 spiro atoms. The number of fused-ring (bicyclic) bond motifs is 3. The fourth-order valence-electron chi connectivity index (χ4n) is 6.63. The second-order valence-corrected chi connectivity index (χ2v) is 12.9. The van der Waals surface area contributed by atoms with Crippen LogP contribution in [0.2, 0.25) is 0 Å². The van der Waals surface area contributed by atoms with E-state index < -0.39 is 0 Å². The second-order valence-electron chi connectivity index (χ2n) is 12.9. The van der Waals surface area contributed by atoms with Gasteiger partial charge in [-0.1, -0.05) is 19.9 Å². The number of ether oxygens (including phenoxy) is 2. The molecule has 6 heterocycles. The highest BCUT2D eigenvalue weighted by molar-refractivity contribution is 5.88. The van der Waals surface area contributed by atoms with Crippen LogP contribution in [0.1, 0.15) is 63.9 Å². The first-order valence-electron chi connectivity index (χ1n) is 15.7. The van der Waals surface area contributed by atoms with Crippen LogP contribution in [0.3, 0.4) is 0 Å². The highest BCUT2D eigenvalue weighted by atomic mass is 16.6. The van der Waals surface area contributed by atoms with Gasteiger partial charge in [0.25, 0.3) is 0 Å². The molecule has 2 aromatic heterocycles. The molecule has 4 aliphatic heterocycles. The van der Waals surface area contributed by atoms with Crippen molar-refractivity contribution in [3.63, 3.8) is 0 Å². The molecule has 0 aliphatic carbocycles. The number of likely N-dealkylation sites (tertiary alicyclic amines) is 1. The van der Waals surface area contributed by atoms with E-state index in [1.165, 1.54) is 0 Å². The molecule has 2 bridgehead atoms. The van der Waals surface area contributed by atoms with Crippen LogP contribution in [0.15, 0.2) is 18.3 Å². The summed E-state index contributed by atoms with van der Waals surface area (Å²) in [5.41, 5.74) is 1.89. The van der Waals surface area contributed by atoms with Crippen molar-refractivity contribution in [2.24, 2.45) is 0 Å². The van der Waals surface area contributed by atoms with Gasteiger partial charge in [-0.25, -0.2) is 4.79 Å². The predicted octanol–water partition coefficient (Wildman–Crippen LogP) is 2.71. The van der Waals surface area contributed by atoms with Gasteiger partial charge in [0.15, 0.2) is 5.65 Å². The first kappa shape index (κ1) is 29.6. The lowest BCUT2D eigenvalue weighted by Crippen LogP contribution is -2.57. The first-order chi connectivity index (χ1) is 20.7. The summed E-state index contributed by atoms with van der Waals surface area (Å²) < 4.78 is 13.2. The number of likely N-dealkylation sites (N-methyl/N-ethyl adjacent to an activating group) is 1. The molecule has 4 saturated heterocycles. The zero-order chi connectivity index (χ0) is 30.1. The second kappa shape index (κ2) is 12.7.